The zero-order valence-electron chi connectivity index (χ0n) is 27.0. The first-order chi connectivity index (χ1) is 23.1. The SMILES string of the molecule is CN(CCO)c1ccc(/C=C/c2cc[n+](CCO)cc2)cc1.c1ccc([B-](c2ccccc2)(c2ccccc2)c2ccccc2)cc1. The maximum absolute atomic E-state index is 8.95. The number of pyridine rings is 1. The molecule has 0 fully saturated rings. The van der Waals surface area contributed by atoms with E-state index in [2.05, 4.69) is 158 Å². The number of hydrogen-bond acceptors (Lipinski definition) is 3. The van der Waals surface area contributed by atoms with E-state index >= 15 is 0 Å². The van der Waals surface area contributed by atoms with Gasteiger partial charge in [0.2, 0.25) is 0 Å². The Morgan fingerprint density at radius 1 is 0.511 bits per heavy atom. The monoisotopic (exact) mass is 618 g/mol. The Balaban J connectivity index is 0.000000186. The highest BCUT2D eigenvalue weighted by Crippen LogP contribution is 2.15. The summed E-state index contributed by atoms with van der Waals surface area (Å²) in [6.07, 6.45) is 6.84. The van der Waals surface area contributed by atoms with Gasteiger partial charge in [0.05, 0.1) is 6.61 Å². The Morgan fingerprint density at radius 3 is 1.26 bits per heavy atom. The third-order valence-corrected chi connectivity index (χ3v) is 8.71. The predicted octanol–water partition coefficient (Wildman–Crippen LogP) is 4.63. The molecule has 0 saturated carbocycles. The molecule has 2 N–H and O–H groups in total. The van der Waals surface area contributed by atoms with Gasteiger partial charge in [0.25, 0.3) is 0 Å². The van der Waals surface area contributed by atoms with Crippen LogP contribution in [0, 0.1) is 0 Å². The van der Waals surface area contributed by atoms with Gasteiger partial charge in [-0.1, -0.05) is 146 Å². The standard InChI is InChI=1S/C24H20B.C18H23N2O2/c1-5-13-21(14-6-1)25(22-15-7-2-8-16-22,23-17-9-3-10-18-23)24-19-11-4-12-20-24;1-19(12-14-21)18-6-4-16(5-7-18)2-3-17-8-10-20(11-9-17)13-15-22/h1-20H;2-11,21-22H,12-15H2,1H3/q-1;+1. The van der Waals surface area contributed by atoms with E-state index in [0.29, 0.717) is 13.1 Å². The molecule has 0 saturated heterocycles. The summed E-state index contributed by atoms with van der Waals surface area (Å²) >= 11 is 0. The fourth-order valence-electron chi connectivity index (χ4n) is 6.28. The van der Waals surface area contributed by atoms with E-state index in [9.17, 15) is 0 Å². The first-order valence-electron chi connectivity index (χ1n) is 16.2. The lowest BCUT2D eigenvalue weighted by molar-refractivity contribution is -0.698. The highest BCUT2D eigenvalue weighted by atomic mass is 16.3. The summed E-state index contributed by atoms with van der Waals surface area (Å²) in [6, 6.07) is 55.8. The first kappa shape index (κ1) is 33.1. The fraction of sp³-hybridized carbons (Fsp3) is 0.119. The van der Waals surface area contributed by atoms with Crippen LogP contribution in [0.3, 0.4) is 0 Å². The lowest BCUT2D eigenvalue weighted by Crippen LogP contribution is -2.74. The van der Waals surface area contributed by atoms with Crippen molar-refractivity contribution >= 4 is 45.8 Å². The highest BCUT2D eigenvalue weighted by molar-refractivity contribution is 7.19. The molecule has 0 radical (unpaired) electrons. The zero-order chi connectivity index (χ0) is 32.7. The van der Waals surface area contributed by atoms with Crippen molar-refractivity contribution in [3.63, 3.8) is 0 Å². The molecule has 0 unspecified atom stereocenters. The summed E-state index contributed by atoms with van der Waals surface area (Å²) in [4.78, 5) is 2.02. The van der Waals surface area contributed by atoms with E-state index in [1.54, 1.807) is 0 Å². The van der Waals surface area contributed by atoms with Crippen molar-refractivity contribution in [2.75, 3.05) is 31.7 Å². The summed E-state index contributed by atoms with van der Waals surface area (Å²) in [7, 11) is 1.96. The summed E-state index contributed by atoms with van der Waals surface area (Å²) in [5, 5.41) is 17.8. The number of likely N-dealkylation sites (N-methyl/N-ethyl adjacent to an activating group) is 1. The van der Waals surface area contributed by atoms with Gasteiger partial charge in [-0.25, -0.2) is 4.57 Å². The van der Waals surface area contributed by atoms with Crippen molar-refractivity contribution in [3.8, 4) is 0 Å². The van der Waals surface area contributed by atoms with Crippen molar-refractivity contribution in [1.29, 1.82) is 0 Å². The largest absolute Gasteiger partial charge is 0.395 e. The Hall–Kier alpha value is -5.23. The maximum atomic E-state index is 8.95. The summed E-state index contributed by atoms with van der Waals surface area (Å²) in [6.45, 7) is 1.55. The van der Waals surface area contributed by atoms with Crippen LogP contribution in [0.4, 0.5) is 5.69 Å². The van der Waals surface area contributed by atoms with Crippen LogP contribution in [-0.4, -0.2) is 43.2 Å². The average molecular weight is 619 g/mol. The van der Waals surface area contributed by atoms with Gasteiger partial charge in [-0.15, -0.1) is 0 Å². The molecule has 0 atom stereocenters. The molecule has 0 amide bonds. The normalized spacial score (nSPS) is 11.1. The molecule has 1 heterocycles. The number of anilines is 1. The second-order valence-electron chi connectivity index (χ2n) is 11.7. The molecule has 5 heteroatoms. The van der Waals surface area contributed by atoms with Crippen LogP contribution < -0.4 is 31.3 Å². The number of benzene rings is 5. The number of nitrogens with zero attached hydrogens (tertiary/aromatic N) is 2. The number of aliphatic hydroxyl groups is 2. The molecule has 5 aromatic carbocycles. The van der Waals surface area contributed by atoms with Gasteiger partial charge in [-0.3, -0.25) is 0 Å². The minimum absolute atomic E-state index is 0.150. The molecular weight excluding hydrogens is 575 g/mol. The molecule has 0 spiro atoms. The first-order valence-corrected chi connectivity index (χ1v) is 16.2. The molecule has 0 aliphatic carbocycles. The maximum Gasteiger partial charge on any atom is 0.171 e. The molecule has 4 nitrogen and oxygen atoms in total. The number of hydrogen-bond donors (Lipinski definition) is 2. The van der Waals surface area contributed by atoms with Gasteiger partial charge in [0, 0.05) is 31.4 Å². The molecule has 0 aliphatic rings. The Labute approximate surface area is 279 Å². The lowest BCUT2D eigenvalue weighted by atomic mass is 9.13. The van der Waals surface area contributed by atoms with Gasteiger partial charge in [-0.05, 0) is 23.3 Å². The fourth-order valence-corrected chi connectivity index (χ4v) is 6.28. The molecule has 0 aliphatic heterocycles. The van der Waals surface area contributed by atoms with E-state index in [1.165, 1.54) is 21.9 Å². The molecule has 6 rings (SSSR count). The molecule has 0 bridgehead atoms. The molecule has 236 valence electrons. The van der Waals surface area contributed by atoms with Crippen molar-refractivity contribution in [2.45, 2.75) is 6.54 Å². The Morgan fingerprint density at radius 2 is 0.894 bits per heavy atom. The smallest absolute Gasteiger partial charge is 0.171 e. The van der Waals surface area contributed by atoms with Crippen molar-refractivity contribution in [1.82, 2.24) is 0 Å². The van der Waals surface area contributed by atoms with E-state index in [1.807, 2.05) is 41.0 Å². The second kappa shape index (κ2) is 16.9. The third kappa shape index (κ3) is 8.33. The van der Waals surface area contributed by atoms with Crippen LogP contribution in [0.15, 0.2) is 170 Å². The van der Waals surface area contributed by atoms with Crippen LogP contribution >= 0.6 is 0 Å². The number of rotatable bonds is 11. The van der Waals surface area contributed by atoms with Gasteiger partial charge in [0.15, 0.2) is 18.9 Å². The summed E-state index contributed by atoms with van der Waals surface area (Å²) in [5.41, 5.74) is 8.70. The van der Waals surface area contributed by atoms with E-state index in [-0.39, 0.29) is 13.2 Å². The van der Waals surface area contributed by atoms with Gasteiger partial charge < -0.3 is 15.1 Å². The van der Waals surface area contributed by atoms with Gasteiger partial charge in [-0.2, -0.15) is 21.9 Å². The van der Waals surface area contributed by atoms with Crippen molar-refractivity contribution < 1.29 is 14.8 Å². The van der Waals surface area contributed by atoms with E-state index < -0.39 is 6.15 Å². The number of aromatic nitrogens is 1. The topological polar surface area (TPSA) is 47.6 Å². The quantitative estimate of drug-likeness (QED) is 0.165. The summed E-state index contributed by atoms with van der Waals surface area (Å²) in [5.74, 6) is 0. The zero-order valence-corrected chi connectivity index (χ0v) is 27.0. The van der Waals surface area contributed by atoms with Crippen LogP contribution in [-0.2, 0) is 6.54 Å². The van der Waals surface area contributed by atoms with Crippen molar-refractivity contribution in [2.24, 2.45) is 0 Å². The molecule has 47 heavy (non-hydrogen) atoms. The van der Waals surface area contributed by atoms with Gasteiger partial charge >= 0.3 is 0 Å². The van der Waals surface area contributed by atoms with E-state index in [0.717, 1.165) is 16.8 Å². The minimum atomic E-state index is -1.22. The Kier molecular flexibility index (Phi) is 11.9. The number of aliphatic hydroxyl groups excluding tert-OH is 2. The predicted molar refractivity (Wildman–Crippen MR) is 200 cm³/mol. The second-order valence-corrected chi connectivity index (χ2v) is 11.7. The van der Waals surface area contributed by atoms with Gasteiger partial charge in [0.1, 0.15) is 12.8 Å². The summed E-state index contributed by atoms with van der Waals surface area (Å²) < 4.78 is 1.95. The molecule has 1 aromatic heterocycles. The van der Waals surface area contributed by atoms with Crippen molar-refractivity contribution in [3.05, 3.63) is 181 Å². The van der Waals surface area contributed by atoms with Crippen LogP contribution in [0.5, 0.6) is 0 Å². The molecule has 6 aromatic rings. The van der Waals surface area contributed by atoms with Crippen LogP contribution in [0.25, 0.3) is 12.2 Å². The third-order valence-electron chi connectivity index (χ3n) is 8.71. The Bertz CT molecular complexity index is 1620. The highest BCUT2D eigenvalue weighted by Gasteiger charge is 2.31. The average Bonchev–Trinajstić information content (AvgIpc) is 3.14. The lowest BCUT2D eigenvalue weighted by Gasteiger charge is -2.44. The van der Waals surface area contributed by atoms with E-state index in [4.69, 9.17) is 10.2 Å². The van der Waals surface area contributed by atoms with Crippen LogP contribution in [0.1, 0.15) is 11.1 Å². The molecular formula is C42H43BN2O2. The minimum Gasteiger partial charge on any atom is -0.395 e. The van der Waals surface area contributed by atoms with Crippen LogP contribution in [0.2, 0.25) is 0 Å².